The standard InChI is InChI=1S/C24H18N2O3/c27-26(28)19-13-10-18(11-14-19)24-25-23(17-7-2-1-3-8-17)22-20-9-5-4-6-16(20)12-15-21(22)29-24/h1-15,23-25H/t23-,24-/m0/s1. The van der Waals surface area contributed by atoms with Crippen LogP contribution < -0.4 is 10.1 Å². The lowest BCUT2D eigenvalue weighted by molar-refractivity contribution is -0.384. The Hall–Kier alpha value is -3.70. The molecule has 1 N–H and O–H groups in total. The summed E-state index contributed by atoms with van der Waals surface area (Å²) in [6.45, 7) is 0. The van der Waals surface area contributed by atoms with Gasteiger partial charge in [-0.05, 0) is 34.5 Å². The molecule has 5 rings (SSSR count). The topological polar surface area (TPSA) is 64.4 Å². The number of nitro groups is 1. The molecule has 0 aliphatic carbocycles. The van der Waals surface area contributed by atoms with Crippen LogP contribution in [0.5, 0.6) is 5.75 Å². The molecule has 0 spiro atoms. The Balaban J connectivity index is 1.63. The Morgan fingerprint density at radius 3 is 2.28 bits per heavy atom. The third kappa shape index (κ3) is 3.11. The largest absolute Gasteiger partial charge is 0.471 e. The quantitative estimate of drug-likeness (QED) is 0.374. The lowest BCUT2D eigenvalue weighted by atomic mass is 9.91. The highest BCUT2D eigenvalue weighted by Gasteiger charge is 2.31. The summed E-state index contributed by atoms with van der Waals surface area (Å²) in [6, 6.07) is 29.0. The number of nitrogens with one attached hydrogen (secondary N) is 1. The van der Waals surface area contributed by atoms with Crippen LogP contribution in [0.1, 0.15) is 29.0 Å². The van der Waals surface area contributed by atoms with Crippen molar-refractivity contribution in [3.8, 4) is 5.75 Å². The van der Waals surface area contributed by atoms with E-state index in [0.29, 0.717) is 0 Å². The van der Waals surface area contributed by atoms with Gasteiger partial charge in [-0.25, -0.2) is 0 Å². The van der Waals surface area contributed by atoms with Crippen molar-refractivity contribution in [2.75, 3.05) is 0 Å². The summed E-state index contributed by atoms with van der Waals surface area (Å²) in [5.74, 6) is 0.819. The molecule has 5 nitrogen and oxygen atoms in total. The van der Waals surface area contributed by atoms with Crippen LogP contribution >= 0.6 is 0 Å². The van der Waals surface area contributed by atoms with E-state index in [1.54, 1.807) is 12.1 Å². The second kappa shape index (κ2) is 7.04. The number of hydrogen-bond acceptors (Lipinski definition) is 4. The van der Waals surface area contributed by atoms with Gasteiger partial charge in [0.05, 0.1) is 11.0 Å². The molecule has 0 aromatic heterocycles. The van der Waals surface area contributed by atoms with E-state index in [1.165, 1.54) is 12.1 Å². The fourth-order valence-corrected chi connectivity index (χ4v) is 3.92. The fourth-order valence-electron chi connectivity index (χ4n) is 3.92. The normalized spacial score (nSPS) is 18.1. The third-order valence-corrected chi connectivity index (χ3v) is 5.32. The Bertz CT molecular complexity index is 1190. The Labute approximate surface area is 167 Å². The van der Waals surface area contributed by atoms with E-state index in [0.717, 1.165) is 33.2 Å². The maximum absolute atomic E-state index is 11.0. The van der Waals surface area contributed by atoms with E-state index in [-0.39, 0.29) is 11.7 Å². The molecule has 0 unspecified atom stereocenters. The highest BCUT2D eigenvalue weighted by atomic mass is 16.6. The first-order valence-corrected chi connectivity index (χ1v) is 9.44. The number of fused-ring (bicyclic) bond motifs is 3. The molecule has 1 aliphatic rings. The van der Waals surface area contributed by atoms with Gasteiger partial charge in [-0.2, -0.15) is 0 Å². The van der Waals surface area contributed by atoms with Crippen molar-refractivity contribution >= 4 is 16.5 Å². The minimum absolute atomic E-state index is 0.0637. The van der Waals surface area contributed by atoms with Crippen LogP contribution in [0.2, 0.25) is 0 Å². The molecule has 2 atom stereocenters. The highest BCUT2D eigenvalue weighted by Crippen LogP contribution is 2.42. The Kier molecular flexibility index (Phi) is 4.22. The number of rotatable bonds is 3. The van der Waals surface area contributed by atoms with Crippen molar-refractivity contribution < 1.29 is 9.66 Å². The average molecular weight is 382 g/mol. The molecule has 4 aromatic rings. The summed E-state index contributed by atoms with van der Waals surface area (Å²) in [6.07, 6.45) is -0.408. The number of nitrogens with zero attached hydrogens (tertiary/aromatic N) is 1. The van der Waals surface area contributed by atoms with Gasteiger partial charge in [0.1, 0.15) is 5.75 Å². The van der Waals surface area contributed by atoms with Gasteiger partial charge in [-0.1, -0.05) is 60.7 Å². The molecule has 0 radical (unpaired) electrons. The van der Waals surface area contributed by atoms with Crippen LogP contribution in [0, 0.1) is 10.1 Å². The predicted molar refractivity (Wildman–Crippen MR) is 112 cm³/mol. The van der Waals surface area contributed by atoms with Crippen molar-refractivity contribution in [1.82, 2.24) is 5.32 Å². The fraction of sp³-hybridized carbons (Fsp3) is 0.0833. The highest BCUT2D eigenvalue weighted by molar-refractivity contribution is 5.89. The second-order valence-electron chi connectivity index (χ2n) is 7.06. The first-order valence-electron chi connectivity index (χ1n) is 9.44. The lowest BCUT2D eigenvalue weighted by Gasteiger charge is -2.35. The molecular weight excluding hydrogens is 364 g/mol. The van der Waals surface area contributed by atoms with E-state index in [4.69, 9.17) is 4.74 Å². The number of non-ortho nitro benzene ring substituents is 1. The van der Waals surface area contributed by atoms with Gasteiger partial charge >= 0.3 is 0 Å². The second-order valence-corrected chi connectivity index (χ2v) is 7.06. The smallest absolute Gasteiger partial charge is 0.269 e. The molecule has 0 saturated carbocycles. The maximum atomic E-state index is 11.0. The summed E-state index contributed by atoms with van der Waals surface area (Å²) in [5, 5.41) is 16.9. The first-order chi connectivity index (χ1) is 14.2. The molecule has 142 valence electrons. The minimum atomic E-state index is -0.408. The van der Waals surface area contributed by atoms with Crippen molar-refractivity contribution in [3.63, 3.8) is 0 Å². The monoisotopic (exact) mass is 382 g/mol. The van der Waals surface area contributed by atoms with Crippen molar-refractivity contribution in [2.45, 2.75) is 12.3 Å². The van der Waals surface area contributed by atoms with Crippen LogP contribution in [0.15, 0.2) is 91.0 Å². The molecule has 0 saturated heterocycles. The molecular formula is C24H18N2O3. The van der Waals surface area contributed by atoms with Crippen LogP contribution in [-0.4, -0.2) is 4.92 Å². The van der Waals surface area contributed by atoms with Gasteiger partial charge in [0.2, 0.25) is 0 Å². The van der Waals surface area contributed by atoms with E-state index in [9.17, 15) is 10.1 Å². The zero-order chi connectivity index (χ0) is 19.8. The molecule has 0 bridgehead atoms. The molecule has 4 aromatic carbocycles. The maximum Gasteiger partial charge on any atom is 0.269 e. The van der Waals surface area contributed by atoms with E-state index in [2.05, 4.69) is 35.6 Å². The summed E-state index contributed by atoms with van der Waals surface area (Å²) >= 11 is 0. The van der Waals surface area contributed by atoms with Crippen LogP contribution in [0.3, 0.4) is 0 Å². The Morgan fingerprint density at radius 2 is 1.52 bits per heavy atom. The van der Waals surface area contributed by atoms with Crippen LogP contribution in [0.4, 0.5) is 5.69 Å². The van der Waals surface area contributed by atoms with Gasteiger partial charge in [-0.3, -0.25) is 15.4 Å². The van der Waals surface area contributed by atoms with Gasteiger partial charge in [0.15, 0.2) is 6.23 Å². The zero-order valence-corrected chi connectivity index (χ0v) is 15.5. The lowest BCUT2D eigenvalue weighted by Crippen LogP contribution is -2.35. The van der Waals surface area contributed by atoms with Crippen molar-refractivity contribution in [2.24, 2.45) is 0 Å². The van der Waals surface area contributed by atoms with E-state index < -0.39 is 11.2 Å². The molecule has 29 heavy (non-hydrogen) atoms. The predicted octanol–water partition coefficient (Wildman–Crippen LogP) is 5.52. The zero-order valence-electron chi connectivity index (χ0n) is 15.5. The van der Waals surface area contributed by atoms with Gasteiger partial charge in [-0.15, -0.1) is 0 Å². The third-order valence-electron chi connectivity index (χ3n) is 5.32. The van der Waals surface area contributed by atoms with Crippen LogP contribution in [0.25, 0.3) is 10.8 Å². The summed E-state index contributed by atoms with van der Waals surface area (Å²) in [4.78, 5) is 10.6. The van der Waals surface area contributed by atoms with E-state index >= 15 is 0 Å². The van der Waals surface area contributed by atoms with Gasteiger partial charge < -0.3 is 4.74 Å². The van der Waals surface area contributed by atoms with E-state index in [1.807, 2.05) is 36.4 Å². The molecule has 1 aliphatic heterocycles. The number of nitro benzene ring substituents is 1. The summed E-state index contributed by atoms with van der Waals surface area (Å²) in [7, 11) is 0. The minimum Gasteiger partial charge on any atom is -0.471 e. The van der Waals surface area contributed by atoms with Gasteiger partial charge in [0, 0.05) is 23.3 Å². The number of benzene rings is 4. The molecule has 1 heterocycles. The van der Waals surface area contributed by atoms with Crippen molar-refractivity contribution in [1.29, 1.82) is 0 Å². The number of ether oxygens (including phenoxy) is 1. The molecule has 5 heteroatoms. The number of hydrogen-bond donors (Lipinski definition) is 1. The first kappa shape index (κ1) is 17.4. The van der Waals surface area contributed by atoms with Crippen molar-refractivity contribution in [3.05, 3.63) is 118 Å². The Morgan fingerprint density at radius 1 is 0.793 bits per heavy atom. The van der Waals surface area contributed by atoms with Gasteiger partial charge in [0.25, 0.3) is 5.69 Å². The molecule has 0 amide bonds. The summed E-state index contributed by atoms with van der Waals surface area (Å²) < 4.78 is 6.30. The summed E-state index contributed by atoms with van der Waals surface area (Å²) in [5.41, 5.74) is 3.15. The molecule has 0 fully saturated rings. The average Bonchev–Trinajstić information content (AvgIpc) is 2.78. The SMILES string of the molecule is O=[N+]([O-])c1ccc([C@H]2N[C@@H](c3ccccc3)c3c(ccc4ccccc34)O2)cc1. The van der Waals surface area contributed by atoms with Crippen LogP contribution in [-0.2, 0) is 0 Å².